The Labute approximate surface area is 228 Å². The Morgan fingerprint density at radius 3 is 2.18 bits per heavy atom. The molecule has 0 saturated carbocycles. The minimum Gasteiger partial charge on any atom is -0.352 e. The van der Waals surface area contributed by atoms with Gasteiger partial charge >= 0.3 is 0 Å². The van der Waals surface area contributed by atoms with Crippen LogP contribution < -0.4 is 9.62 Å². The van der Waals surface area contributed by atoms with Crippen LogP contribution in [0.25, 0.3) is 0 Å². The average Bonchev–Trinajstić information content (AvgIpc) is 2.87. The van der Waals surface area contributed by atoms with Crippen molar-refractivity contribution in [1.82, 2.24) is 10.2 Å². The quantitative estimate of drug-likeness (QED) is 0.382. The minimum absolute atomic E-state index is 0.0119. The first kappa shape index (κ1) is 29.1. The summed E-state index contributed by atoms with van der Waals surface area (Å²) < 4.78 is 42.1. The highest BCUT2D eigenvalue weighted by molar-refractivity contribution is 7.92. The van der Waals surface area contributed by atoms with Gasteiger partial charge in [-0.15, -0.1) is 0 Å². The molecule has 0 fully saturated rings. The summed E-state index contributed by atoms with van der Waals surface area (Å²) >= 11 is 6.11. The van der Waals surface area contributed by atoms with E-state index in [0.29, 0.717) is 16.1 Å². The fourth-order valence-corrected chi connectivity index (χ4v) is 5.63. The Hall–Kier alpha value is -3.43. The van der Waals surface area contributed by atoms with Crippen LogP contribution in [0.4, 0.5) is 10.1 Å². The van der Waals surface area contributed by atoms with E-state index in [-0.39, 0.29) is 23.2 Å². The monoisotopic (exact) mass is 559 g/mol. The summed E-state index contributed by atoms with van der Waals surface area (Å²) in [5, 5.41) is 3.21. The second kappa shape index (κ2) is 12.4. The largest absolute Gasteiger partial charge is 0.352 e. The summed E-state index contributed by atoms with van der Waals surface area (Å²) in [6, 6.07) is 17.0. The lowest BCUT2D eigenvalue weighted by Crippen LogP contribution is -2.52. The zero-order valence-corrected chi connectivity index (χ0v) is 23.3. The lowest BCUT2D eigenvalue weighted by Gasteiger charge is -2.32. The molecule has 0 unspecified atom stereocenters. The standard InChI is InChI=1S/C28H31ClFN3O4S/c1-19(2)31-28(35)21(4)32(17-22-10-13-24(30)14-11-22)27(34)18-33(26-15-12-23(29)16-20(26)3)38(36,37)25-8-6-5-7-9-25/h5-16,19,21H,17-18H2,1-4H3,(H,31,35)/t21-/m1/s1. The van der Waals surface area contributed by atoms with Gasteiger partial charge < -0.3 is 10.2 Å². The molecule has 0 spiro atoms. The van der Waals surface area contributed by atoms with E-state index < -0.39 is 40.2 Å². The predicted octanol–water partition coefficient (Wildman–Crippen LogP) is 4.92. The Morgan fingerprint density at radius 2 is 1.61 bits per heavy atom. The minimum atomic E-state index is -4.17. The van der Waals surface area contributed by atoms with Crippen LogP contribution in [0.2, 0.25) is 5.02 Å². The number of amides is 2. The van der Waals surface area contributed by atoms with Gasteiger partial charge in [0.05, 0.1) is 10.6 Å². The van der Waals surface area contributed by atoms with Crippen molar-refractivity contribution in [3.63, 3.8) is 0 Å². The third kappa shape index (κ3) is 7.11. The first-order valence-electron chi connectivity index (χ1n) is 12.1. The van der Waals surface area contributed by atoms with E-state index >= 15 is 0 Å². The van der Waals surface area contributed by atoms with Gasteiger partial charge in [0, 0.05) is 17.6 Å². The number of aryl methyl sites for hydroxylation is 1. The normalized spacial score (nSPS) is 12.2. The predicted molar refractivity (Wildman–Crippen MR) is 147 cm³/mol. The molecule has 0 aromatic heterocycles. The molecule has 3 aromatic rings. The number of carbonyl (C=O) groups excluding carboxylic acids is 2. The molecular formula is C28H31ClFN3O4S. The summed E-state index contributed by atoms with van der Waals surface area (Å²) in [6.07, 6.45) is 0. The molecule has 202 valence electrons. The van der Waals surface area contributed by atoms with Gasteiger partial charge in [0.15, 0.2) is 0 Å². The van der Waals surface area contributed by atoms with Gasteiger partial charge in [-0.2, -0.15) is 0 Å². The highest BCUT2D eigenvalue weighted by Gasteiger charge is 2.33. The van der Waals surface area contributed by atoms with E-state index in [2.05, 4.69) is 5.32 Å². The van der Waals surface area contributed by atoms with Crippen LogP contribution in [0.15, 0.2) is 77.7 Å². The molecule has 10 heteroatoms. The van der Waals surface area contributed by atoms with Gasteiger partial charge in [-0.3, -0.25) is 13.9 Å². The van der Waals surface area contributed by atoms with Crippen LogP contribution in [0.1, 0.15) is 31.9 Å². The van der Waals surface area contributed by atoms with Gasteiger partial charge in [0.1, 0.15) is 18.4 Å². The fraction of sp³-hybridized carbons (Fsp3) is 0.286. The summed E-state index contributed by atoms with van der Waals surface area (Å²) in [4.78, 5) is 28.0. The molecule has 0 saturated heterocycles. The molecule has 0 radical (unpaired) electrons. The third-order valence-electron chi connectivity index (χ3n) is 5.90. The van der Waals surface area contributed by atoms with E-state index in [1.54, 1.807) is 64.1 Å². The highest BCUT2D eigenvalue weighted by atomic mass is 35.5. The number of carbonyl (C=O) groups is 2. The first-order valence-corrected chi connectivity index (χ1v) is 13.9. The summed E-state index contributed by atoms with van der Waals surface area (Å²) in [7, 11) is -4.17. The molecule has 2 amide bonds. The molecule has 0 aliphatic carbocycles. The lowest BCUT2D eigenvalue weighted by atomic mass is 10.1. The Morgan fingerprint density at radius 1 is 0.974 bits per heavy atom. The summed E-state index contributed by atoms with van der Waals surface area (Å²) in [5.41, 5.74) is 1.43. The molecule has 3 aromatic carbocycles. The van der Waals surface area contributed by atoms with Crippen molar-refractivity contribution in [2.75, 3.05) is 10.8 Å². The molecule has 0 bridgehead atoms. The molecule has 0 aliphatic heterocycles. The maximum Gasteiger partial charge on any atom is 0.264 e. The van der Waals surface area contributed by atoms with Gasteiger partial charge in [-0.1, -0.05) is 41.9 Å². The number of benzene rings is 3. The number of anilines is 1. The summed E-state index contributed by atoms with van der Waals surface area (Å²) in [6.45, 7) is 6.28. The highest BCUT2D eigenvalue weighted by Crippen LogP contribution is 2.29. The van der Waals surface area contributed by atoms with E-state index in [4.69, 9.17) is 11.6 Å². The zero-order valence-electron chi connectivity index (χ0n) is 21.7. The SMILES string of the molecule is Cc1cc(Cl)ccc1N(CC(=O)N(Cc1ccc(F)cc1)[C@H](C)C(=O)NC(C)C)S(=O)(=O)c1ccccc1. The maximum absolute atomic E-state index is 13.8. The second-order valence-corrected chi connectivity index (χ2v) is 11.5. The third-order valence-corrected chi connectivity index (χ3v) is 7.91. The van der Waals surface area contributed by atoms with Gasteiger partial charge in [-0.25, -0.2) is 12.8 Å². The molecule has 1 atom stereocenters. The average molecular weight is 560 g/mol. The number of nitrogens with zero attached hydrogens (tertiary/aromatic N) is 2. The topological polar surface area (TPSA) is 86.8 Å². The van der Waals surface area contributed by atoms with Crippen molar-refractivity contribution >= 4 is 39.1 Å². The zero-order chi connectivity index (χ0) is 28.0. The van der Waals surface area contributed by atoms with Gasteiger partial charge in [0.2, 0.25) is 11.8 Å². The van der Waals surface area contributed by atoms with E-state index in [9.17, 15) is 22.4 Å². The first-order chi connectivity index (χ1) is 17.9. The molecule has 38 heavy (non-hydrogen) atoms. The van der Waals surface area contributed by atoms with Crippen molar-refractivity contribution in [2.45, 2.75) is 51.2 Å². The maximum atomic E-state index is 13.8. The summed E-state index contributed by atoms with van der Waals surface area (Å²) in [5.74, 6) is -1.43. The van der Waals surface area contributed by atoms with Crippen LogP contribution in [0.3, 0.4) is 0 Å². The lowest BCUT2D eigenvalue weighted by molar-refractivity contribution is -0.139. The van der Waals surface area contributed by atoms with Crippen molar-refractivity contribution in [3.05, 3.63) is 94.8 Å². The number of nitrogens with one attached hydrogen (secondary N) is 1. The Kier molecular flexibility index (Phi) is 9.51. The van der Waals surface area contributed by atoms with Crippen molar-refractivity contribution in [2.24, 2.45) is 0 Å². The van der Waals surface area contributed by atoms with E-state index in [1.165, 1.54) is 41.3 Å². The smallest absolute Gasteiger partial charge is 0.264 e. The van der Waals surface area contributed by atoms with Crippen LogP contribution in [0.5, 0.6) is 0 Å². The molecule has 7 nitrogen and oxygen atoms in total. The van der Waals surface area contributed by atoms with E-state index in [1.807, 2.05) is 0 Å². The van der Waals surface area contributed by atoms with Crippen molar-refractivity contribution in [3.8, 4) is 0 Å². The Bertz CT molecular complexity index is 1380. The molecule has 1 N–H and O–H groups in total. The van der Waals surface area contributed by atoms with Gasteiger partial charge in [-0.05, 0) is 81.3 Å². The molecular weight excluding hydrogens is 529 g/mol. The van der Waals surface area contributed by atoms with Crippen LogP contribution in [0, 0.1) is 12.7 Å². The molecule has 0 heterocycles. The number of sulfonamides is 1. The van der Waals surface area contributed by atoms with Crippen LogP contribution >= 0.6 is 11.6 Å². The number of rotatable bonds is 10. The number of halogens is 2. The molecule has 0 aliphatic rings. The van der Waals surface area contributed by atoms with Crippen molar-refractivity contribution < 1.29 is 22.4 Å². The number of hydrogen-bond donors (Lipinski definition) is 1. The van der Waals surface area contributed by atoms with Gasteiger partial charge in [0.25, 0.3) is 10.0 Å². The number of hydrogen-bond acceptors (Lipinski definition) is 4. The van der Waals surface area contributed by atoms with E-state index in [0.717, 1.165) is 4.31 Å². The Balaban J connectivity index is 2.05. The second-order valence-electron chi connectivity index (χ2n) is 9.24. The van der Waals surface area contributed by atoms with Crippen LogP contribution in [-0.4, -0.2) is 43.8 Å². The van der Waals surface area contributed by atoms with Crippen LogP contribution in [-0.2, 0) is 26.2 Å². The molecule has 3 rings (SSSR count). The fourth-order valence-electron chi connectivity index (χ4n) is 3.91. The van der Waals surface area contributed by atoms with Crippen molar-refractivity contribution in [1.29, 1.82) is 0 Å².